The van der Waals surface area contributed by atoms with Crippen LogP contribution in [0.1, 0.15) is 54.4 Å². The third-order valence-corrected chi connectivity index (χ3v) is 5.85. The van der Waals surface area contributed by atoms with Gasteiger partial charge in [-0.1, -0.05) is 31.1 Å². The number of carbonyl (C=O) groups is 2. The number of nitrogens with zero attached hydrogens (tertiary/aromatic N) is 2. The number of hydrogen-bond donors (Lipinski definition) is 2. The molecule has 2 aliphatic rings. The number of hydrogen-bond acceptors (Lipinski definition) is 5. The third kappa shape index (κ3) is 3.20. The highest BCUT2D eigenvalue weighted by atomic mass is 32.1. The molecule has 7 heteroatoms. The van der Waals surface area contributed by atoms with Gasteiger partial charge in [0.25, 0.3) is 5.91 Å². The summed E-state index contributed by atoms with van der Waals surface area (Å²) in [5.74, 6) is -0.356. The number of nitrogens with two attached hydrogens (primary N) is 1. The summed E-state index contributed by atoms with van der Waals surface area (Å²) < 4.78 is 0. The fraction of sp³-hybridized carbons (Fsp3) is 0.688. The maximum absolute atomic E-state index is 12.9. The number of amides is 1. The van der Waals surface area contributed by atoms with Crippen LogP contribution in [0.25, 0.3) is 0 Å². The van der Waals surface area contributed by atoms with Crippen LogP contribution in [-0.4, -0.2) is 40.0 Å². The normalized spacial score (nSPS) is 24.7. The molecule has 0 bridgehead atoms. The summed E-state index contributed by atoms with van der Waals surface area (Å²) in [5.41, 5.74) is 5.67. The summed E-state index contributed by atoms with van der Waals surface area (Å²) >= 11 is 1.20. The van der Waals surface area contributed by atoms with E-state index in [-0.39, 0.29) is 5.91 Å². The van der Waals surface area contributed by atoms with Crippen molar-refractivity contribution in [2.45, 2.75) is 45.4 Å². The molecule has 2 fully saturated rings. The average molecular weight is 337 g/mol. The van der Waals surface area contributed by atoms with Crippen LogP contribution >= 0.6 is 11.3 Å². The molecule has 126 valence electrons. The monoisotopic (exact) mass is 337 g/mol. The molecule has 6 nitrogen and oxygen atoms in total. The van der Waals surface area contributed by atoms with Gasteiger partial charge in [0.2, 0.25) is 0 Å². The first kappa shape index (κ1) is 16.2. The van der Waals surface area contributed by atoms with Crippen LogP contribution in [0.4, 0.5) is 5.13 Å². The number of carboxylic acid groups (broad SMARTS) is 1. The van der Waals surface area contributed by atoms with Crippen LogP contribution in [-0.2, 0) is 11.2 Å². The van der Waals surface area contributed by atoms with Gasteiger partial charge in [0.05, 0.1) is 11.1 Å². The summed E-state index contributed by atoms with van der Waals surface area (Å²) in [6.07, 6.45) is 4.98. The van der Waals surface area contributed by atoms with Gasteiger partial charge in [0, 0.05) is 13.1 Å². The Bertz CT molecular complexity index is 626. The molecular weight excluding hydrogens is 314 g/mol. The van der Waals surface area contributed by atoms with E-state index in [0.717, 1.165) is 19.3 Å². The van der Waals surface area contributed by atoms with Gasteiger partial charge in [-0.2, -0.15) is 0 Å². The van der Waals surface area contributed by atoms with Gasteiger partial charge in [-0.25, -0.2) is 4.98 Å². The van der Waals surface area contributed by atoms with Crippen LogP contribution in [0.2, 0.25) is 0 Å². The number of carbonyl (C=O) groups excluding carboxylic acids is 1. The minimum atomic E-state index is -0.780. The Morgan fingerprint density at radius 1 is 1.48 bits per heavy atom. The van der Waals surface area contributed by atoms with Gasteiger partial charge in [-0.3, -0.25) is 9.59 Å². The summed E-state index contributed by atoms with van der Waals surface area (Å²) in [5, 5.41) is 10.2. The van der Waals surface area contributed by atoms with E-state index in [4.69, 9.17) is 5.73 Å². The lowest BCUT2D eigenvalue weighted by molar-refractivity contribution is -0.152. The van der Waals surface area contributed by atoms with E-state index < -0.39 is 11.4 Å². The predicted octanol–water partition coefficient (Wildman–Crippen LogP) is 2.39. The number of aliphatic carboxylic acids is 1. The van der Waals surface area contributed by atoms with Crippen molar-refractivity contribution >= 4 is 28.3 Å². The number of aryl methyl sites for hydroxylation is 1. The summed E-state index contributed by atoms with van der Waals surface area (Å²) in [4.78, 5) is 31.2. The van der Waals surface area contributed by atoms with Crippen molar-refractivity contribution in [3.63, 3.8) is 0 Å². The maximum Gasteiger partial charge on any atom is 0.311 e. The predicted molar refractivity (Wildman–Crippen MR) is 88.5 cm³/mol. The van der Waals surface area contributed by atoms with E-state index in [0.29, 0.717) is 54.0 Å². The second-order valence-corrected chi connectivity index (χ2v) is 7.78. The number of rotatable bonds is 5. The van der Waals surface area contributed by atoms with Crippen LogP contribution in [0, 0.1) is 11.3 Å². The molecule has 3 rings (SSSR count). The Hall–Kier alpha value is -1.63. The largest absolute Gasteiger partial charge is 0.481 e. The summed E-state index contributed by atoms with van der Waals surface area (Å²) in [6.45, 7) is 2.86. The van der Waals surface area contributed by atoms with Crippen molar-refractivity contribution in [1.29, 1.82) is 0 Å². The van der Waals surface area contributed by atoms with Crippen LogP contribution < -0.4 is 5.73 Å². The first-order valence-corrected chi connectivity index (χ1v) is 9.04. The molecule has 1 aliphatic heterocycles. The van der Waals surface area contributed by atoms with Crippen molar-refractivity contribution in [2.24, 2.45) is 11.3 Å². The van der Waals surface area contributed by atoms with E-state index in [1.54, 1.807) is 4.90 Å². The van der Waals surface area contributed by atoms with Crippen molar-refractivity contribution in [1.82, 2.24) is 9.88 Å². The molecular formula is C16H23N3O3S. The highest BCUT2D eigenvalue weighted by Gasteiger charge is 2.47. The van der Waals surface area contributed by atoms with Crippen molar-refractivity contribution in [3.8, 4) is 0 Å². The summed E-state index contributed by atoms with van der Waals surface area (Å²) in [6, 6.07) is 0. The Morgan fingerprint density at radius 3 is 2.83 bits per heavy atom. The zero-order valence-electron chi connectivity index (χ0n) is 13.4. The van der Waals surface area contributed by atoms with Gasteiger partial charge in [0.15, 0.2) is 5.13 Å². The molecule has 1 aliphatic carbocycles. The summed E-state index contributed by atoms with van der Waals surface area (Å²) in [7, 11) is 0. The molecule has 1 aromatic rings. The topological polar surface area (TPSA) is 96.5 Å². The van der Waals surface area contributed by atoms with E-state index in [9.17, 15) is 14.7 Å². The Balaban J connectivity index is 1.81. The standard InChI is InChI=1S/C16H23N3O3S/c1-2-11-12(23-15(17)18-11)13(20)19-7-3-6-16(9-19,14(21)22)8-10-4-5-10/h10H,2-9H2,1H3,(H2,17,18)(H,21,22). The highest BCUT2D eigenvalue weighted by Crippen LogP contribution is 2.45. The number of thiazole rings is 1. The van der Waals surface area contributed by atoms with E-state index in [2.05, 4.69) is 4.98 Å². The van der Waals surface area contributed by atoms with Gasteiger partial charge < -0.3 is 15.7 Å². The zero-order chi connectivity index (χ0) is 16.6. The molecule has 1 amide bonds. The molecule has 1 unspecified atom stereocenters. The Morgan fingerprint density at radius 2 is 2.22 bits per heavy atom. The van der Waals surface area contributed by atoms with E-state index >= 15 is 0 Å². The Kier molecular flexibility index (Phi) is 4.31. The molecule has 1 saturated heterocycles. The van der Waals surface area contributed by atoms with Crippen molar-refractivity contribution < 1.29 is 14.7 Å². The smallest absolute Gasteiger partial charge is 0.311 e. The molecule has 1 atom stereocenters. The minimum Gasteiger partial charge on any atom is -0.481 e. The SMILES string of the molecule is CCc1nc(N)sc1C(=O)N1CCCC(CC2CC2)(C(=O)O)C1. The lowest BCUT2D eigenvalue weighted by Gasteiger charge is -2.40. The molecule has 1 saturated carbocycles. The minimum absolute atomic E-state index is 0.114. The molecule has 3 N–H and O–H groups in total. The first-order valence-electron chi connectivity index (χ1n) is 8.23. The third-order valence-electron chi connectivity index (χ3n) is 4.94. The van der Waals surface area contributed by atoms with Crippen molar-refractivity contribution in [2.75, 3.05) is 18.8 Å². The fourth-order valence-electron chi connectivity index (χ4n) is 3.53. The Labute approximate surface area is 139 Å². The van der Waals surface area contributed by atoms with Crippen LogP contribution in [0.3, 0.4) is 0 Å². The molecule has 23 heavy (non-hydrogen) atoms. The average Bonchev–Trinajstić information content (AvgIpc) is 3.25. The second-order valence-electron chi connectivity index (χ2n) is 6.74. The molecule has 2 heterocycles. The highest BCUT2D eigenvalue weighted by molar-refractivity contribution is 7.17. The zero-order valence-corrected chi connectivity index (χ0v) is 14.2. The number of anilines is 1. The number of likely N-dealkylation sites (tertiary alicyclic amines) is 1. The van der Waals surface area contributed by atoms with Crippen LogP contribution in [0.15, 0.2) is 0 Å². The van der Waals surface area contributed by atoms with E-state index in [1.165, 1.54) is 11.3 Å². The quantitative estimate of drug-likeness (QED) is 0.860. The van der Waals surface area contributed by atoms with Gasteiger partial charge in [-0.05, 0) is 31.6 Å². The molecule has 0 aromatic carbocycles. The maximum atomic E-state index is 12.9. The van der Waals surface area contributed by atoms with Crippen LogP contribution in [0.5, 0.6) is 0 Å². The fourth-order valence-corrected chi connectivity index (χ4v) is 4.42. The second kappa shape index (κ2) is 6.11. The van der Waals surface area contributed by atoms with Gasteiger partial charge in [0.1, 0.15) is 4.88 Å². The number of piperidine rings is 1. The van der Waals surface area contributed by atoms with E-state index in [1.807, 2.05) is 6.92 Å². The first-order chi connectivity index (χ1) is 10.9. The molecule has 0 radical (unpaired) electrons. The van der Waals surface area contributed by atoms with Crippen molar-refractivity contribution in [3.05, 3.63) is 10.6 Å². The van der Waals surface area contributed by atoms with Gasteiger partial charge in [-0.15, -0.1) is 0 Å². The number of aromatic nitrogens is 1. The lowest BCUT2D eigenvalue weighted by atomic mass is 9.75. The lowest BCUT2D eigenvalue weighted by Crippen LogP contribution is -2.50. The molecule has 1 aromatic heterocycles. The molecule has 0 spiro atoms. The number of nitrogen functional groups attached to an aromatic ring is 1. The number of carboxylic acids is 1. The van der Waals surface area contributed by atoms with Gasteiger partial charge >= 0.3 is 5.97 Å².